The van der Waals surface area contributed by atoms with Crippen molar-refractivity contribution in [3.8, 4) is 5.75 Å². The Bertz CT molecular complexity index is 612. The van der Waals surface area contributed by atoms with Gasteiger partial charge in [0.1, 0.15) is 5.75 Å². The lowest BCUT2D eigenvalue weighted by Crippen LogP contribution is -2.19. The highest BCUT2D eigenvalue weighted by Crippen LogP contribution is 2.44. The molecule has 1 unspecified atom stereocenters. The summed E-state index contributed by atoms with van der Waals surface area (Å²) < 4.78 is 5.55. The molecule has 0 aliphatic carbocycles. The third-order valence-corrected chi connectivity index (χ3v) is 5.00. The van der Waals surface area contributed by atoms with Crippen molar-refractivity contribution >= 4 is 11.8 Å². The van der Waals surface area contributed by atoms with E-state index in [1.54, 1.807) is 7.11 Å². The number of methoxy groups -OCH3 is 1. The van der Waals surface area contributed by atoms with Crippen molar-refractivity contribution in [3.63, 3.8) is 0 Å². The number of hydrogen-bond acceptors (Lipinski definition) is 3. The van der Waals surface area contributed by atoms with Gasteiger partial charge in [-0.25, -0.2) is 0 Å². The quantitative estimate of drug-likeness (QED) is 0.930. The minimum Gasteiger partial charge on any atom is -0.496 e. The molecule has 2 aromatic carbocycles. The van der Waals surface area contributed by atoms with Crippen LogP contribution in [0.4, 0.5) is 0 Å². The van der Waals surface area contributed by atoms with Crippen molar-refractivity contribution in [3.05, 3.63) is 59.2 Å². The van der Waals surface area contributed by atoms with Gasteiger partial charge in [0, 0.05) is 18.2 Å². The molecule has 0 radical (unpaired) electrons. The summed E-state index contributed by atoms with van der Waals surface area (Å²) in [5, 5.41) is 3.33. The highest BCUT2D eigenvalue weighted by atomic mass is 32.2. The van der Waals surface area contributed by atoms with Crippen LogP contribution in [0.3, 0.4) is 0 Å². The molecule has 104 valence electrons. The van der Waals surface area contributed by atoms with Gasteiger partial charge in [0.15, 0.2) is 0 Å². The summed E-state index contributed by atoms with van der Waals surface area (Å²) in [6, 6.07) is 15.1. The van der Waals surface area contributed by atoms with Crippen LogP contribution in [0.2, 0.25) is 0 Å². The van der Waals surface area contributed by atoms with Gasteiger partial charge >= 0.3 is 0 Å². The van der Waals surface area contributed by atoms with E-state index in [1.165, 1.54) is 21.6 Å². The van der Waals surface area contributed by atoms with E-state index in [4.69, 9.17) is 4.74 Å². The van der Waals surface area contributed by atoms with Crippen molar-refractivity contribution in [2.75, 3.05) is 20.7 Å². The Morgan fingerprint density at radius 2 is 1.95 bits per heavy atom. The maximum atomic E-state index is 5.55. The van der Waals surface area contributed by atoms with Crippen LogP contribution in [0.15, 0.2) is 47.4 Å². The highest BCUT2D eigenvalue weighted by Gasteiger charge is 2.25. The Morgan fingerprint density at radius 1 is 1.15 bits per heavy atom. The molecule has 2 nitrogen and oxygen atoms in total. The van der Waals surface area contributed by atoms with Gasteiger partial charge < -0.3 is 10.1 Å². The van der Waals surface area contributed by atoms with Gasteiger partial charge in [-0.15, -0.1) is 11.8 Å². The number of hydrogen-bond donors (Lipinski definition) is 1. The van der Waals surface area contributed by atoms with Crippen LogP contribution in [-0.2, 0) is 5.75 Å². The SMILES string of the molecule is CNCC1c2ccccc2CSc2c(OC)cccc21. The van der Waals surface area contributed by atoms with Gasteiger partial charge in [0.2, 0.25) is 0 Å². The molecular formula is C17H19NOS. The summed E-state index contributed by atoms with van der Waals surface area (Å²) in [4.78, 5) is 1.28. The molecule has 1 N–H and O–H groups in total. The van der Waals surface area contributed by atoms with E-state index in [-0.39, 0.29) is 0 Å². The fourth-order valence-corrected chi connectivity index (χ4v) is 4.10. The zero-order chi connectivity index (χ0) is 13.9. The Balaban J connectivity index is 2.17. The number of rotatable bonds is 3. The number of nitrogens with one attached hydrogen (secondary N) is 1. The summed E-state index contributed by atoms with van der Waals surface area (Å²) in [7, 11) is 3.77. The molecule has 3 rings (SSSR count). The molecule has 1 aliphatic rings. The van der Waals surface area contributed by atoms with Crippen LogP contribution >= 0.6 is 11.8 Å². The zero-order valence-electron chi connectivity index (χ0n) is 11.8. The molecule has 20 heavy (non-hydrogen) atoms. The summed E-state index contributed by atoms with van der Waals surface area (Å²) in [6.07, 6.45) is 0. The van der Waals surface area contributed by atoms with Crippen LogP contribution in [0.5, 0.6) is 5.75 Å². The number of likely N-dealkylation sites (N-methyl/N-ethyl adjacent to an activating group) is 1. The predicted molar refractivity (Wildman–Crippen MR) is 84.8 cm³/mol. The highest BCUT2D eigenvalue weighted by molar-refractivity contribution is 7.98. The van der Waals surface area contributed by atoms with Crippen LogP contribution in [0.1, 0.15) is 22.6 Å². The average Bonchev–Trinajstić information content (AvgIpc) is 2.65. The molecular weight excluding hydrogens is 266 g/mol. The fraction of sp³-hybridized carbons (Fsp3) is 0.294. The van der Waals surface area contributed by atoms with E-state index >= 15 is 0 Å². The Kier molecular flexibility index (Phi) is 3.99. The van der Waals surface area contributed by atoms with E-state index in [1.807, 2.05) is 18.8 Å². The average molecular weight is 285 g/mol. The number of fused-ring (bicyclic) bond motifs is 2. The molecule has 1 atom stereocenters. The van der Waals surface area contributed by atoms with Crippen molar-refractivity contribution in [1.29, 1.82) is 0 Å². The first-order valence-electron chi connectivity index (χ1n) is 6.87. The Morgan fingerprint density at radius 3 is 2.75 bits per heavy atom. The molecule has 1 aliphatic heterocycles. The third kappa shape index (κ3) is 2.32. The first-order chi connectivity index (χ1) is 9.85. The largest absolute Gasteiger partial charge is 0.496 e. The Labute approximate surface area is 124 Å². The summed E-state index contributed by atoms with van der Waals surface area (Å²) in [5.74, 6) is 2.38. The molecule has 2 aromatic rings. The van der Waals surface area contributed by atoms with Gasteiger partial charge in [-0.2, -0.15) is 0 Å². The zero-order valence-corrected chi connectivity index (χ0v) is 12.7. The first kappa shape index (κ1) is 13.5. The maximum Gasteiger partial charge on any atom is 0.132 e. The lowest BCUT2D eigenvalue weighted by molar-refractivity contribution is 0.403. The topological polar surface area (TPSA) is 21.3 Å². The molecule has 0 saturated carbocycles. The van der Waals surface area contributed by atoms with E-state index in [0.29, 0.717) is 5.92 Å². The molecule has 3 heteroatoms. The lowest BCUT2D eigenvalue weighted by atomic mass is 9.88. The molecule has 1 heterocycles. The second-order valence-electron chi connectivity index (χ2n) is 4.98. The first-order valence-corrected chi connectivity index (χ1v) is 7.85. The van der Waals surface area contributed by atoms with Gasteiger partial charge in [-0.05, 0) is 29.8 Å². The minimum atomic E-state index is 0.385. The fourth-order valence-electron chi connectivity index (χ4n) is 2.87. The van der Waals surface area contributed by atoms with Crippen molar-refractivity contribution in [1.82, 2.24) is 5.32 Å². The van der Waals surface area contributed by atoms with Crippen molar-refractivity contribution < 1.29 is 4.74 Å². The summed E-state index contributed by atoms with van der Waals surface area (Å²) >= 11 is 1.88. The normalized spacial score (nSPS) is 17.0. The molecule has 0 bridgehead atoms. The monoisotopic (exact) mass is 285 g/mol. The Hall–Kier alpha value is -1.45. The second-order valence-corrected chi connectivity index (χ2v) is 5.96. The van der Waals surface area contributed by atoms with Gasteiger partial charge in [-0.1, -0.05) is 36.4 Å². The molecule has 0 fully saturated rings. The second kappa shape index (κ2) is 5.90. The predicted octanol–water partition coefficient (Wildman–Crippen LogP) is 3.65. The third-order valence-electron chi connectivity index (χ3n) is 3.82. The molecule has 0 saturated heterocycles. The van der Waals surface area contributed by atoms with Gasteiger partial charge in [0.25, 0.3) is 0 Å². The summed E-state index contributed by atoms with van der Waals surface area (Å²) in [5.41, 5.74) is 4.23. The van der Waals surface area contributed by atoms with Crippen LogP contribution in [0.25, 0.3) is 0 Å². The van der Waals surface area contributed by atoms with E-state index in [2.05, 4.69) is 47.8 Å². The van der Waals surface area contributed by atoms with Gasteiger partial charge in [-0.3, -0.25) is 0 Å². The standard InChI is InChI=1S/C17H19NOS/c1-18-10-15-13-7-4-3-6-12(13)11-20-17-14(15)8-5-9-16(17)19-2/h3-9,15,18H,10-11H2,1-2H3. The van der Waals surface area contributed by atoms with Crippen molar-refractivity contribution in [2.45, 2.75) is 16.6 Å². The maximum absolute atomic E-state index is 5.55. The van der Waals surface area contributed by atoms with E-state index in [9.17, 15) is 0 Å². The molecule has 0 aromatic heterocycles. The van der Waals surface area contributed by atoms with Gasteiger partial charge in [0.05, 0.1) is 12.0 Å². The molecule has 0 amide bonds. The van der Waals surface area contributed by atoms with E-state index < -0.39 is 0 Å². The van der Waals surface area contributed by atoms with E-state index in [0.717, 1.165) is 18.0 Å². The van der Waals surface area contributed by atoms with Crippen LogP contribution < -0.4 is 10.1 Å². The summed E-state index contributed by atoms with van der Waals surface area (Å²) in [6.45, 7) is 0.942. The van der Waals surface area contributed by atoms with Crippen LogP contribution in [-0.4, -0.2) is 20.7 Å². The lowest BCUT2D eigenvalue weighted by Gasteiger charge is -2.20. The minimum absolute atomic E-state index is 0.385. The number of ether oxygens (including phenoxy) is 1. The number of benzene rings is 2. The van der Waals surface area contributed by atoms with Crippen LogP contribution in [0, 0.1) is 0 Å². The molecule has 0 spiro atoms. The number of thioether (sulfide) groups is 1. The van der Waals surface area contributed by atoms with Crippen molar-refractivity contribution in [2.24, 2.45) is 0 Å². The smallest absolute Gasteiger partial charge is 0.132 e.